The number of nitrogens with zero attached hydrogens (tertiary/aromatic N) is 1. The lowest BCUT2D eigenvalue weighted by atomic mass is 9.92. The third-order valence-electron chi connectivity index (χ3n) is 3.49. The molecule has 2 rings (SSSR count). The largest absolute Gasteiger partial charge is 0.326 e. The highest BCUT2D eigenvalue weighted by Gasteiger charge is 2.27. The van der Waals surface area contributed by atoms with Gasteiger partial charge in [-0.1, -0.05) is 12.8 Å². The van der Waals surface area contributed by atoms with Crippen molar-refractivity contribution in [2.45, 2.75) is 42.7 Å². The van der Waals surface area contributed by atoms with Crippen LogP contribution < -0.4 is 10.5 Å². The van der Waals surface area contributed by atoms with E-state index in [0.29, 0.717) is 6.42 Å². The molecule has 20 heavy (non-hydrogen) atoms. The number of rotatable bonds is 3. The molecule has 1 fully saturated rings. The van der Waals surface area contributed by atoms with E-state index in [2.05, 4.69) is 4.72 Å². The summed E-state index contributed by atoms with van der Waals surface area (Å²) in [7, 11) is -3.79. The summed E-state index contributed by atoms with van der Waals surface area (Å²) < 4.78 is 40.2. The third-order valence-corrected chi connectivity index (χ3v) is 4.98. The molecule has 0 aromatic heterocycles. The molecule has 0 aliphatic heterocycles. The van der Waals surface area contributed by atoms with E-state index in [9.17, 15) is 12.8 Å². The molecule has 0 saturated heterocycles. The van der Waals surface area contributed by atoms with E-state index in [4.69, 9.17) is 11.0 Å². The Hall–Kier alpha value is -1.49. The molecule has 0 heterocycles. The summed E-state index contributed by atoms with van der Waals surface area (Å²) in [6, 6.07) is 4.26. The second-order valence-corrected chi connectivity index (χ2v) is 6.64. The van der Waals surface area contributed by atoms with Crippen LogP contribution in [0.3, 0.4) is 0 Å². The number of benzene rings is 1. The minimum Gasteiger partial charge on any atom is -0.326 e. The maximum atomic E-state index is 13.2. The molecule has 2 atom stereocenters. The van der Waals surface area contributed by atoms with Gasteiger partial charge >= 0.3 is 0 Å². The number of nitriles is 1. The van der Waals surface area contributed by atoms with Crippen LogP contribution in [0.25, 0.3) is 0 Å². The van der Waals surface area contributed by atoms with Crippen molar-refractivity contribution in [1.29, 1.82) is 5.26 Å². The van der Waals surface area contributed by atoms with Gasteiger partial charge in [0, 0.05) is 12.1 Å². The number of hydrogen-bond acceptors (Lipinski definition) is 4. The topological polar surface area (TPSA) is 96.0 Å². The Kier molecular flexibility index (Phi) is 4.38. The smallest absolute Gasteiger partial charge is 0.240 e. The maximum absolute atomic E-state index is 13.2. The van der Waals surface area contributed by atoms with Gasteiger partial charge in [-0.05, 0) is 31.0 Å². The molecule has 7 heteroatoms. The third kappa shape index (κ3) is 3.15. The zero-order valence-electron chi connectivity index (χ0n) is 10.8. The summed E-state index contributed by atoms with van der Waals surface area (Å²) >= 11 is 0. The van der Waals surface area contributed by atoms with Crippen molar-refractivity contribution in [2.75, 3.05) is 0 Å². The van der Waals surface area contributed by atoms with Gasteiger partial charge in [0.2, 0.25) is 10.0 Å². The number of nitrogens with two attached hydrogens (primary N) is 1. The van der Waals surface area contributed by atoms with Gasteiger partial charge in [0.1, 0.15) is 11.9 Å². The van der Waals surface area contributed by atoms with Crippen LogP contribution in [0.15, 0.2) is 23.1 Å². The number of sulfonamides is 1. The van der Waals surface area contributed by atoms with E-state index >= 15 is 0 Å². The van der Waals surface area contributed by atoms with E-state index in [1.165, 1.54) is 0 Å². The first-order chi connectivity index (χ1) is 9.44. The SMILES string of the molecule is N#Cc1cc(S(=O)(=O)N[C@@H]2CCCC[C@H]2N)ccc1F. The van der Waals surface area contributed by atoms with Gasteiger partial charge in [-0.2, -0.15) is 5.26 Å². The van der Waals surface area contributed by atoms with Crippen molar-refractivity contribution in [3.8, 4) is 6.07 Å². The van der Waals surface area contributed by atoms with Gasteiger partial charge in [0.25, 0.3) is 0 Å². The number of hydrogen-bond donors (Lipinski definition) is 2. The predicted octanol–water partition coefficient (Wildman–Crippen LogP) is 1.25. The van der Waals surface area contributed by atoms with Crippen LogP contribution in [0.5, 0.6) is 0 Å². The second kappa shape index (κ2) is 5.87. The predicted molar refractivity (Wildman–Crippen MR) is 71.7 cm³/mol. The monoisotopic (exact) mass is 297 g/mol. The highest BCUT2D eigenvalue weighted by molar-refractivity contribution is 7.89. The summed E-state index contributed by atoms with van der Waals surface area (Å²) in [5.74, 6) is -0.735. The average molecular weight is 297 g/mol. The molecule has 1 aliphatic carbocycles. The lowest BCUT2D eigenvalue weighted by molar-refractivity contribution is 0.361. The Labute approximate surface area is 117 Å². The molecule has 5 nitrogen and oxygen atoms in total. The molecule has 1 saturated carbocycles. The van der Waals surface area contributed by atoms with Crippen LogP contribution in [-0.4, -0.2) is 20.5 Å². The molecule has 1 aliphatic rings. The molecule has 0 radical (unpaired) electrons. The fourth-order valence-corrected chi connectivity index (χ4v) is 3.68. The van der Waals surface area contributed by atoms with Gasteiger partial charge in [-0.3, -0.25) is 0 Å². The molecular weight excluding hydrogens is 281 g/mol. The quantitative estimate of drug-likeness (QED) is 0.877. The van der Waals surface area contributed by atoms with E-state index < -0.39 is 15.8 Å². The van der Waals surface area contributed by atoms with Gasteiger partial charge < -0.3 is 5.73 Å². The van der Waals surface area contributed by atoms with Gasteiger partial charge in [-0.25, -0.2) is 17.5 Å². The molecule has 1 aromatic rings. The highest BCUT2D eigenvalue weighted by atomic mass is 32.2. The zero-order valence-corrected chi connectivity index (χ0v) is 11.7. The van der Waals surface area contributed by atoms with Crippen LogP contribution >= 0.6 is 0 Å². The van der Waals surface area contributed by atoms with Crippen molar-refractivity contribution in [1.82, 2.24) is 4.72 Å². The van der Waals surface area contributed by atoms with Gasteiger partial charge in [-0.15, -0.1) is 0 Å². The summed E-state index contributed by atoms with van der Waals surface area (Å²) in [5, 5.41) is 8.75. The number of nitrogens with one attached hydrogen (secondary N) is 1. The van der Waals surface area contributed by atoms with E-state index in [1.807, 2.05) is 0 Å². The van der Waals surface area contributed by atoms with Crippen molar-refractivity contribution < 1.29 is 12.8 Å². The Morgan fingerprint density at radius 2 is 2.05 bits per heavy atom. The van der Waals surface area contributed by atoms with Crippen LogP contribution in [0, 0.1) is 17.1 Å². The summed E-state index contributed by atoms with van der Waals surface area (Å²) in [5.41, 5.74) is 5.61. The van der Waals surface area contributed by atoms with E-state index in [1.54, 1.807) is 6.07 Å². The molecular formula is C13H16FN3O2S. The first kappa shape index (κ1) is 14.9. The Bertz CT molecular complexity index is 640. The normalized spacial score (nSPS) is 23.2. The minimum absolute atomic E-state index is 0.117. The van der Waals surface area contributed by atoms with Crippen LogP contribution in [0.1, 0.15) is 31.2 Å². The van der Waals surface area contributed by atoms with Crippen LogP contribution in [-0.2, 0) is 10.0 Å². The molecule has 0 amide bonds. The molecule has 1 aromatic carbocycles. The summed E-state index contributed by atoms with van der Waals surface area (Å²) in [4.78, 5) is -0.117. The summed E-state index contributed by atoms with van der Waals surface area (Å²) in [6.45, 7) is 0. The lowest BCUT2D eigenvalue weighted by Crippen LogP contribution is -2.49. The van der Waals surface area contributed by atoms with E-state index in [0.717, 1.165) is 37.5 Å². The van der Waals surface area contributed by atoms with Crippen molar-refractivity contribution in [3.05, 3.63) is 29.6 Å². The molecule has 0 bridgehead atoms. The Balaban J connectivity index is 2.24. The first-order valence-electron chi connectivity index (χ1n) is 6.41. The zero-order chi connectivity index (χ0) is 14.8. The van der Waals surface area contributed by atoms with Crippen molar-refractivity contribution >= 4 is 10.0 Å². The van der Waals surface area contributed by atoms with E-state index in [-0.39, 0.29) is 22.5 Å². The maximum Gasteiger partial charge on any atom is 0.240 e. The molecule has 3 N–H and O–H groups in total. The lowest BCUT2D eigenvalue weighted by Gasteiger charge is -2.29. The second-order valence-electron chi connectivity index (χ2n) is 4.93. The van der Waals surface area contributed by atoms with Crippen molar-refractivity contribution in [2.24, 2.45) is 5.73 Å². The van der Waals surface area contributed by atoms with Crippen LogP contribution in [0.4, 0.5) is 4.39 Å². The molecule has 0 unspecified atom stereocenters. The average Bonchev–Trinajstić information content (AvgIpc) is 2.41. The fraction of sp³-hybridized carbons (Fsp3) is 0.462. The standard InChI is InChI=1S/C13H16FN3O2S/c14-11-6-5-10(7-9(11)8-15)20(18,19)17-13-4-2-1-3-12(13)16/h5-7,12-13,17H,1-4,16H2/t12-,13-/m1/s1. The Morgan fingerprint density at radius 1 is 1.35 bits per heavy atom. The minimum atomic E-state index is -3.79. The summed E-state index contributed by atoms with van der Waals surface area (Å²) in [6.07, 6.45) is 3.38. The molecule has 108 valence electrons. The van der Waals surface area contributed by atoms with Crippen LogP contribution in [0.2, 0.25) is 0 Å². The fourth-order valence-electron chi connectivity index (χ4n) is 2.33. The highest BCUT2D eigenvalue weighted by Crippen LogP contribution is 2.20. The van der Waals surface area contributed by atoms with Gasteiger partial charge in [0.05, 0.1) is 10.5 Å². The van der Waals surface area contributed by atoms with Gasteiger partial charge in [0.15, 0.2) is 0 Å². The number of halogens is 1. The Morgan fingerprint density at radius 3 is 2.70 bits per heavy atom. The first-order valence-corrected chi connectivity index (χ1v) is 7.90. The van der Waals surface area contributed by atoms with Crippen molar-refractivity contribution in [3.63, 3.8) is 0 Å². The molecule has 0 spiro atoms.